The van der Waals surface area contributed by atoms with Crippen LogP contribution in [0.4, 0.5) is 0 Å². The first-order chi connectivity index (χ1) is 9.56. The Labute approximate surface area is 121 Å². The third-order valence-electron chi connectivity index (χ3n) is 2.82. The van der Waals surface area contributed by atoms with Crippen LogP contribution in [0.1, 0.15) is 10.4 Å². The molecule has 0 saturated heterocycles. The maximum Gasteiger partial charge on any atom is 0.251 e. The van der Waals surface area contributed by atoms with Crippen LogP contribution < -0.4 is 15.2 Å². The van der Waals surface area contributed by atoms with Crippen LogP contribution in [0.2, 0.25) is 5.15 Å². The molecule has 0 atom stereocenters. The van der Waals surface area contributed by atoms with Crippen molar-refractivity contribution in [2.45, 2.75) is 0 Å². The molecule has 0 unspecified atom stereocenters. The summed E-state index contributed by atoms with van der Waals surface area (Å²) in [4.78, 5) is 15.2. The number of amides is 1. The summed E-state index contributed by atoms with van der Waals surface area (Å²) in [6.45, 7) is 0. The van der Waals surface area contributed by atoms with E-state index in [4.69, 9.17) is 26.8 Å². The summed E-state index contributed by atoms with van der Waals surface area (Å²) in [6, 6.07) is 6.98. The number of aromatic nitrogens is 1. The van der Waals surface area contributed by atoms with E-state index in [9.17, 15) is 4.79 Å². The molecule has 0 saturated carbocycles. The molecule has 1 heterocycles. The molecule has 6 heteroatoms. The fraction of sp³-hybridized carbons (Fsp3) is 0.143. The smallest absolute Gasteiger partial charge is 0.251 e. The molecule has 1 aromatic heterocycles. The Morgan fingerprint density at radius 2 is 1.85 bits per heavy atom. The van der Waals surface area contributed by atoms with Crippen molar-refractivity contribution in [3.63, 3.8) is 0 Å². The molecule has 0 radical (unpaired) electrons. The lowest BCUT2D eigenvalue weighted by atomic mass is 10.1. The van der Waals surface area contributed by atoms with Gasteiger partial charge in [0.25, 0.3) is 5.91 Å². The summed E-state index contributed by atoms with van der Waals surface area (Å²) in [5.41, 5.74) is 6.96. The summed E-state index contributed by atoms with van der Waals surface area (Å²) >= 11 is 5.83. The van der Waals surface area contributed by atoms with Gasteiger partial charge in [-0.2, -0.15) is 0 Å². The number of carbonyl (C=O) groups is 1. The first-order valence-electron chi connectivity index (χ1n) is 5.74. The molecule has 1 aromatic carbocycles. The van der Waals surface area contributed by atoms with Crippen LogP contribution in [0.15, 0.2) is 30.5 Å². The highest BCUT2D eigenvalue weighted by molar-refractivity contribution is 6.32. The predicted molar refractivity (Wildman–Crippen MR) is 76.3 cm³/mol. The average molecular weight is 293 g/mol. The Morgan fingerprint density at radius 3 is 2.45 bits per heavy atom. The molecular weight excluding hydrogens is 280 g/mol. The lowest BCUT2D eigenvalue weighted by Crippen LogP contribution is -2.12. The van der Waals surface area contributed by atoms with Crippen LogP contribution in [0.3, 0.4) is 0 Å². The van der Waals surface area contributed by atoms with Crippen LogP contribution >= 0.6 is 11.6 Å². The molecular formula is C14H13ClN2O3. The van der Waals surface area contributed by atoms with E-state index in [1.54, 1.807) is 38.6 Å². The van der Waals surface area contributed by atoms with Gasteiger partial charge in [-0.3, -0.25) is 4.79 Å². The van der Waals surface area contributed by atoms with E-state index < -0.39 is 5.91 Å². The molecule has 2 N–H and O–H groups in total. The number of primary amides is 1. The second kappa shape index (κ2) is 5.79. The van der Waals surface area contributed by atoms with E-state index in [0.29, 0.717) is 17.1 Å². The van der Waals surface area contributed by atoms with Gasteiger partial charge < -0.3 is 15.2 Å². The zero-order chi connectivity index (χ0) is 14.7. The number of pyridine rings is 1. The molecule has 1 amide bonds. The zero-order valence-corrected chi connectivity index (χ0v) is 11.8. The number of nitrogens with zero attached hydrogens (tertiary/aromatic N) is 1. The molecule has 0 aliphatic heterocycles. The normalized spacial score (nSPS) is 10.2. The summed E-state index contributed by atoms with van der Waals surface area (Å²) < 4.78 is 10.4. The lowest BCUT2D eigenvalue weighted by molar-refractivity contribution is 0.1000. The molecule has 2 rings (SSSR count). The van der Waals surface area contributed by atoms with E-state index in [0.717, 1.165) is 5.56 Å². The van der Waals surface area contributed by atoms with Gasteiger partial charge in [-0.15, -0.1) is 0 Å². The second-order valence-corrected chi connectivity index (χ2v) is 4.35. The number of halogens is 1. The van der Waals surface area contributed by atoms with Gasteiger partial charge in [0.05, 0.1) is 19.8 Å². The number of benzene rings is 1. The zero-order valence-electron chi connectivity index (χ0n) is 11.0. The van der Waals surface area contributed by atoms with Gasteiger partial charge in [0.2, 0.25) is 0 Å². The highest BCUT2D eigenvalue weighted by atomic mass is 35.5. The first kappa shape index (κ1) is 14.1. The molecule has 0 aliphatic carbocycles. The maximum atomic E-state index is 11.3. The van der Waals surface area contributed by atoms with E-state index in [-0.39, 0.29) is 10.7 Å². The number of carbonyl (C=O) groups excluding carboxylic acids is 1. The fourth-order valence-electron chi connectivity index (χ4n) is 1.79. The molecule has 104 valence electrons. The Kier molecular flexibility index (Phi) is 4.10. The minimum Gasteiger partial charge on any atom is -0.493 e. The molecule has 20 heavy (non-hydrogen) atoms. The summed E-state index contributed by atoms with van der Waals surface area (Å²) in [7, 11) is 3.11. The first-order valence-corrected chi connectivity index (χ1v) is 6.12. The molecule has 0 bridgehead atoms. The number of ether oxygens (including phenoxy) is 2. The highest BCUT2D eigenvalue weighted by Gasteiger charge is 2.12. The molecule has 0 aliphatic rings. The minimum absolute atomic E-state index is 0.0849. The molecule has 0 fully saturated rings. The third kappa shape index (κ3) is 2.67. The highest BCUT2D eigenvalue weighted by Crippen LogP contribution is 2.32. The Hall–Kier alpha value is -2.27. The Bertz CT molecular complexity index is 659. The topological polar surface area (TPSA) is 74.4 Å². The van der Waals surface area contributed by atoms with Crippen molar-refractivity contribution < 1.29 is 14.3 Å². The predicted octanol–water partition coefficient (Wildman–Crippen LogP) is 2.52. The van der Waals surface area contributed by atoms with Crippen molar-refractivity contribution in [3.8, 4) is 22.6 Å². The second-order valence-electron chi connectivity index (χ2n) is 4.00. The fourth-order valence-corrected chi connectivity index (χ4v) is 1.99. The summed E-state index contributed by atoms with van der Waals surface area (Å²) in [6.07, 6.45) is 1.57. The van der Waals surface area contributed by atoms with Crippen LogP contribution in [0.5, 0.6) is 11.5 Å². The van der Waals surface area contributed by atoms with Gasteiger partial charge in [-0.05, 0) is 23.8 Å². The van der Waals surface area contributed by atoms with Crippen LogP contribution in [-0.2, 0) is 0 Å². The van der Waals surface area contributed by atoms with Gasteiger partial charge in [-0.1, -0.05) is 17.7 Å². The standard InChI is InChI=1S/C14H13ClN2O3/c1-19-11-4-3-8(6-12(11)20-2)9-5-10(14(16)18)13(15)17-7-9/h3-7H,1-2H3,(H2,16,18). The van der Waals surface area contributed by atoms with Crippen molar-refractivity contribution in [3.05, 3.63) is 41.2 Å². The van der Waals surface area contributed by atoms with Gasteiger partial charge >= 0.3 is 0 Å². The van der Waals surface area contributed by atoms with E-state index in [1.807, 2.05) is 6.07 Å². The largest absolute Gasteiger partial charge is 0.493 e. The van der Waals surface area contributed by atoms with Gasteiger partial charge in [0, 0.05) is 11.8 Å². The summed E-state index contributed by atoms with van der Waals surface area (Å²) in [5, 5.41) is 0.0849. The minimum atomic E-state index is -0.621. The van der Waals surface area contributed by atoms with Crippen molar-refractivity contribution in [2.75, 3.05) is 14.2 Å². The van der Waals surface area contributed by atoms with Crippen LogP contribution in [0.25, 0.3) is 11.1 Å². The lowest BCUT2D eigenvalue weighted by Gasteiger charge is -2.10. The van der Waals surface area contributed by atoms with Crippen molar-refractivity contribution in [1.29, 1.82) is 0 Å². The number of hydrogen-bond donors (Lipinski definition) is 1. The number of rotatable bonds is 4. The van der Waals surface area contributed by atoms with E-state index >= 15 is 0 Å². The van der Waals surface area contributed by atoms with Gasteiger partial charge in [-0.25, -0.2) is 4.98 Å². The average Bonchev–Trinajstić information content (AvgIpc) is 2.46. The van der Waals surface area contributed by atoms with Crippen LogP contribution in [0, 0.1) is 0 Å². The number of hydrogen-bond acceptors (Lipinski definition) is 4. The molecule has 5 nitrogen and oxygen atoms in total. The van der Waals surface area contributed by atoms with E-state index in [2.05, 4.69) is 4.98 Å². The number of methoxy groups -OCH3 is 2. The van der Waals surface area contributed by atoms with Crippen molar-refractivity contribution in [1.82, 2.24) is 4.98 Å². The number of nitrogens with two attached hydrogens (primary N) is 1. The quantitative estimate of drug-likeness (QED) is 0.879. The van der Waals surface area contributed by atoms with E-state index in [1.165, 1.54) is 0 Å². The third-order valence-corrected chi connectivity index (χ3v) is 3.12. The molecule has 2 aromatic rings. The monoisotopic (exact) mass is 292 g/mol. The summed E-state index contributed by atoms with van der Waals surface area (Å²) in [5.74, 6) is 0.582. The van der Waals surface area contributed by atoms with Gasteiger partial charge in [0.1, 0.15) is 5.15 Å². The van der Waals surface area contributed by atoms with Crippen molar-refractivity contribution >= 4 is 17.5 Å². The SMILES string of the molecule is COc1ccc(-c2cnc(Cl)c(C(N)=O)c2)cc1OC. The Balaban J connectivity index is 2.51. The van der Waals surface area contributed by atoms with Crippen LogP contribution in [-0.4, -0.2) is 25.1 Å². The van der Waals surface area contributed by atoms with Crippen molar-refractivity contribution in [2.24, 2.45) is 5.73 Å². The maximum absolute atomic E-state index is 11.3. The molecule has 0 spiro atoms. The van der Waals surface area contributed by atoms with Gasteiger partial charge in [0.15, 0.2) is 11.5 Å². The Morgan fingerprint density at radius 1 is 1.15 bits per heavy atom.